The number of carbonyl (C=O) groups is 2. The van der Waals surface area contributed by atoms with Crippen LogP contribution < -0.4 is 10.6 Å². The van der Waals surface area contributed by atoms with E-state index in [1.54, 1.807) is 0 Å². The zero-order valence-corrected chi connectivity index (χ0v) is 11.5. The Morgan fingerprint density at radius 3 is 2.56 bits per heavy atom. The molecule has 0 aromatic heterocycles. The molecular formula is C13H24N2O3. The van der Waals surface area contributed by atoms with E-state index >= 15 is 0 Å². The van der Waals surface area contributed by atoms with Crippen LogP contribution >= 0.6 is 0 Å². The fraction of sp³-hybridized carbons (Fsp3) is 0.846. The molecule has 0 aromatic rings. The number of aliphatic carboxylic acids is 1. The standard InChI is InChI=1S/C13H24N2O3/c1-13(2,3)10(8-12(17)18)15-11(16)7-9-5-4-6-14-9/h9-10,14H,4-8H2,1-3H3,(H,15,16)(H,17,18). The highest BCUT2D eigenvalue weighted by Crippen LogP contribution is 2.22. The van der Waals surface area contributed by atoms with Crippen molar-refractivity contribution in [1.82, 2.24) is 10.6 Å². The van der Waals surface area contributed by atoms with Gasteiger partial charge in [0.1, 0.15) is 0 Å². The average Bonchev–Trinajstić information content (AvgIpc) is 2.67. The number of carboxylic acids is 1. The Morgan fingerprint density at radius 2 is 2.11 bits per heavy atom. The molecule has 2 unspecified atom stereocenters. The van der Waals surface area contributed by atoms with Crippen LogP contribution in [0.5, 0.6) is 0 Å². The SMILES string of the molecule is CC(C)(C)C(CC(=O)O)NC(=O)CC1CCCN1. The van der Waals surface area contributed by atoms with Gasteiger partial charge in [-0.3, -0.25) is 9.59 Å². The molecule has 0 aromatic carbocycles. The van der Waals surface area contributed by atoms with E-state index < -0.39 is 5.97 Å². The van der Waals surface area contributed by atoms with Crippen molar-refractivity contribution in [3.05, 3.63) is 0 Å². The van der Waals surface area contributed by atoms with E-state index in [0.717, 1.165) is 19.4 Å². The summed E-state index contributed by atoms with van der Waals surface area (Å²) in [7, 11) is 0. The van der Waals surface area contributed by atoms with Crippen molar-refractivity contribution in [2.75, 3.05) is 6.54 Å². The number of hydrogen-bond donors (Lipinski definition) is 3. The molecule has 1 rings (SSSR count). The van der Waals surface area contributed by atoms with Gasteiger partial charge in [-0.2, -0.15) is 0 Å². The molecule has 18 heavy (non-hydrogen) atoms. The lowest BCUT2D eigenvalue weighted by Crippen LogP contribution is -2.46. The molecule has 5 nitrogen and oxygen atoms in total. The lowest BCUT2D eigenvalue weighted by molar-refractivity contribution is -0.138. The highest BCUT2D eigenvalue weighted by Gasteiger charge is 2.29. The summed E-state index contributed by atoms with van der Waals surface area (Å²) in [5.41, 5.74) is -0.253. The van der Waals surface area contributed by atoms with Crippen molar-refractivity contribution in [3.8, 4) is 0 Å². The number of carboxylic acid groups (broad SMARTS) is 1. The van der Waals surface area contributed by atoms with Crippen LogP contribution in [0.1, 0.15) is 46.5 Å². The second kappa shape index (κ2) is 6.18. The van der Waals surface area contributed by atoms with Crippen LogP contribution in [0.2, 0.25) is 0 Å². The third kappa shape index (κ3) is 5.04. The zero-order valence-electron chi connectivity index (χ0n) is 11.5. The smallest absolute Gasteiger partial charge is 0.305 e. The first-order valence-corrected chi connectivity index (χ1v) is 6.53. The molecule has 1 fully saturated rings. The number of nitrogens with one attached hydrogen (secondary N) is 2. The first-order chi connectivity index (χ1) is 8.29. The van der Waals surface area contributed by atoms with Gasteiger partial charge < -0.3 is 15.7 Å². The van der Waals surface area contributed by atoms with Gasteiger partial charge in [-0.25, -0.2) is 0 Å². The molecule has 0 radical (unpaired) electrons. The van der Waals surface area contributed by atoms with Crippen LogP contribution in [0, 0.1) is 5.41 Å². The molecule has 0 spiro atoms. The van der Waals surface area contributed by atoms with Gasteiger partial charge in [-0.05, 0) is 24.8 Å². The van der Waals surface area contributed by atoms with Gasteiger partial charge >= 0.3 is 5.97 Å². The summed E-state index contributed by atoms with van der Waals surface area (Å²) in [5, 5.41) is 15.0. The van der Waals surface area contributed by atoms with E-state index in [-0.39, 0.29) is 29.8 Å². The largest absolute Gasteiger partial charge is 0.481 e. The normalized spacial score (nSPS) is 21.6. The Kier molecular flexibility index (Phi) is 5.14. The summed E-state index contributed by atoms with van der Waals surface area (Å²) >= 11 is 0. The van der Waals surface area contributed by atoms with Crippen LogP contribution in [-0.2, 0) is 9.59 Å². The summed E-state index contributed by atoms with van der Waals surface area (Å²) < 4.78 is 0. The third-order valence-corrected chi connectivity index (χ3v) is 3.35. The predicted octanol–water partition coefficient (Wildman–Crippen LogP) is 1.13. The zero-order chi connectivity index (χ0) is 13.8. The summed E-state index contributed by atoms with van der Waals surface area (Å²) in [4.78, 5) is 22.7. The second-order valence-electron chi connectivity index (χ2n) is 6.08. The molecule has 1 heterocycles. The van der Waals surface area contributed by atoms with Crippen LogP contribution in [0.3, 0.4) is 0 Å². The first kappa shape index (κ1) is 15.0. The summed E-state index contributed by atoms with van der Waals surface area (Å²) in [5.74, 6) is -0.940. The van der Waals surface area contributed by atoms with E-state index in [0.29, 0.717) is 6.42 Å². The molecule has 1 aliphatic rings. The van der Waals surface area contributed by atoms with Gasteiger partial charge in [-0.1, -0.05) is 20.8 Å². The number of carbonyl (C=O) groups excluding carboxylic acids is 1. The number of rotatable bonds is 5. The monoisotopic (exact) mass is 256 g/mol. The van der Waals surface area contributed by atoms with Crippen molar-refractivity contribution in [3.63, 3.8) is 0 Å². The summed E-state index contributed by atoms with van der Waals surface area (Å²) in [6.45, 7) is 6.79. The molecule has 0 aliphatic carbocycles. The molecule has 0 saturated carbocycles. The summed E-state index contributed by atoms with van der Waals surface area (Å²) in [6, 6.07) is -0.0839. The molecule has 104 valence electrons. The van der Waals surface area contributed by atoms with E-state index in [2.05, 4.69) is 10.6 Å². The highest BCUT2D eigenvalue weighted by molar-refractivity contribution is 5.78. The minimum absolute atomic E-state index is 0.0344. The lowest BCUT2D eigenvalue weighted by Gasteiger charge is -2.30. The Bertz CT molecular complexity index is 304. The molecule has 2 atom stereocenters. The predicted molar refractivity (Wildman–Crippen MR) is 69.3 cm³/mol. The molecule has 0 bridgehead atoms. The lowest BCUT2D eigenvalue weighted by atomic mass is 9.84. The first-order valence-electron chi connectivity index (χ1n) is 6.53. The molecule has 1 aliphatic heterocycles. The van der Waals surface area contributed by atoms with Crippen molar-refractivity contribution >= 4 is 11.9 Å². The van der Waals surface area contributed by atoms with Crippen LogP contribution in [-0.4, -0.2) is 35.6 Å². The second-order valence-corrected chi connectivity index (χ2v) is 6.08. The third-order valence-electron chi connectivity index (χ3n) is 3.35. The molecular weight excluding hydrogens is 232 g/mol. The number of amides is 1. The van der Waals surface area contributed by atoms with Crippen molar-refractivity contribution < 1.29 is 14.7 Å². The van der Waals surface area contributed by atoms with Crippen LogP contribution in [0.25, 0.3) is 0 Å². The van der Waals surface area contributed by atoms with Crippen LogP contribution in [0.15, 0.2) is 0 Å². The average molecular weight is 256 g/mol. The van der Waals surface area contributed by atoms with Crippen LogP contribution in [0.4, 0.5) is 0 Å². The van der Waals surface area contributed by atoms with Gasteiger partial charge in [0.2, 0.25) is 5.91 Å². The Hall–Kier alpha value is -1.10. The fourth-order valence-electron chi connectivity index (χ4n) is 2.16. The molecule has 1 saturated heterocycles. The van der Waals surface area contributed by atoms with Gasteiger partial charge in [0.15, 0.2) is 0 Å². The van der Waals surface area contributed by atoms with Gasteiger partial charge in [-0.15, -0.1) is 0 Å². The van der Waals surface area contributed by atoms with E-state index in [1.807, 2.05) is 20.8 Å². The maximum Gasteiger partial charge on any atom is 0.305 e. The van der Waals surface area contributed by atoms with Gasteiger partial charge in [0, 0.05) is 18.5 Å². The fourth-order valence-corrected chi connectivity index (χ4v) is 2.16. The van der Waals surface area contributed by atoms with E-state index in [1.165, 1.54) is 0 Å². The van der Waals surface area contributed by atoms with Gasteiger partial charge in [0.25, 0.3) is 0 Å². The quantitative estimate of drug-likeness (QED) is 0.689. The van der Waals surface area contributed by atoms with Gasteiger partial charge in [0.05, 0.1) is 6.42 Å². The molecule has 1 amide bonds. The van der Waals surface area contributed by atoms with E-state index in [4.69, 9.17) is 5.11 Å². The minimum atomic E-state index is -0.880. The Morgan fingerprint density at radius 1 is 1.44 bits per heavy atom. The van der Waals surface area contributed by atoms with E-state index in [9.17, 15) is 9.59 Å². The minimum Gasteiger partial charge on any atom is -0.481 e. The van der Waals surface area contributed by atoms with Crippen molar-refractivity contribution in [2.24, 2.45) is 5.41 Å². The summed E-state index contributed by atoms with van der Waals surface area (Å²) in [6.07, 6.45) is 2.53. The number of hydrogen-bond acceptors (Lipinski definition) is 3. The van der Waals surface area contributed by atoms with Crippen molar-refractivity contribution in [1.29, 1.82) is 0 Å². The molecule has 5 heteroatoms. The maximum absolute atomic E-state index is 11.9. The van der Waals surface area contributed by atoms with Crippen molar-refractivity contribution in [2.45, 2.75) is 58.5 Å². The molecule has 3 N–H and O–H groups in total. The Balaban J connectivity index is 2.48. The topological polar surface area (TPSA) is 78.4 Å². The Labute approximate surface area is 108 Å². The highest BCUT2D eigenvalue weighted by atomic mass is 16.4. The maximum atomic E-state index is 11.9.